The van der Waals surface area contributed by atoms with Crippen molar-refractivity contribution >= 4 is 0 Å². The van der Waals surface area contributed by atoms with Crippen molar-refractivity contribution in [1.29, 1.82) is 0 Å². The summed E-state index contributed by atoms with van der Waals surface area (Å²) in [5, 5.41) is 7.73. The van der Waals surface area contributed by atoms with Crippen LogP contribution in [-0.4, -0.2) is 23.2 Å². The van der Waals surface area contributed by atoms with E-state index in [9.17, 15) is 0 Å². The van der Waals surface area contributed by atoms with Crippen LogP contribution in [-0.2, 0) is 5.41 Å². The second kappa shape index (κ2) is 6.07. The number of hydrogen-bond donors (Lipinski definition) is 1. The molecule has 21 heavy (non-hydrogen) atoms. The van der Waals surface area contributed by atoms with Gasteiger partial charge in [-0.3, -0.25) is 0 Å². The van der Waals surface area contributed by atoms with Gasteiger partial charge >= 0.3 is 0 Å². The molecule has 0 spiro atoms. The van der Waals surface area contributed by atoms with E-state index in [0.29, 0.717) is 5.92 Å². The van der Waals surface area contributed by atoms with Gasteiger partial charge < -0.3 is 9.84 Å². The molecule has 0 radical (unpaired) electrons. The highest BCUT2D eigenvalue weighted by Gasteiger charge is 2.35. The highest BCUT2D eigenvalue weighted by atomic mass is 16.5. The van der Waals surface area contributed by atoms with Gasteiger partial charge in [0, 0.05) is 11.3 Å². The first-order chi connectivity index (χ1) is 10.1. The van der Waals surface area contributed by atoms with Crippen molar-refractivity contribution in [1.82, 2.24) is 15.5 Å². The zero-order valence-electron chi connectivity index (χ0n) is 13.7. The van der Waals surface area contributed by atoms with Gasteiger partial charge in [-0.05, 0) is 63.5 Å². The Morgan fingerprint density at radius 3 is 2.43 bits per heavy atom. The quantitative estimate of drug-likeness (QED) is 0.923. The molecule has 1 aromatic rings. The Balaban J connectivity index is 1.65. The molecule has 3 rings (SSSR count). The van der Waals surface area contributed by atoms with Gasteiger partial charge in [-0.25, -0.2) is 0 Å². The molecule has 1 aliphatic carbocycles. The molecule has 1 saturated heterocycles. The van der Waals surface area contributed by atoms with Crippen LogP contribution >= 0.6 is 0 Å². The van der Waals surface area contributed by atoms with Gasteiger partial charge in [0.25, 0.3) is 0 Å². The number of aromatic nitrogens is 2. The largest absolute Gasteiger partial charge is 0.339 e. The second-order valence-electron chi connectivity index (χ2n) is 7.62. The summed E-state index contributed by atoms with van der Waals surface area (Å²) in [5.41, 5.74) is 0.0750. The summed E-state index contributed by atoms with van der Waals surface area (Å²) in [5.74, 6) is 4.04. The second-order valence-corrected chi connectivity index (χ2v) is 7.62. The van der Waals surface area contributed by atoms with Crippen LogP contribution < -0.4 is 5.32 Å². The molecule has 1 aromatic heterocycles. The fourth-order valence-corrected chi connectivity index (χ4v) is 3.88. The van der Waals surface area contributed by atoms with E-state index in [1.165, 1.54) is 25.7 Å². The van der Waals surface area contributed by atoms with Crippen LogP contribution in [0.5, 0.6) is 0 Å². The fraction of sp³-hybridized carbons (Fsp3) is 0.882. The minimum atomic E-state index is 0.0750. The summed E-state index contributed by atoms with van der Waals surface area (Å²) < 4.78 is 5.65. The highest BCUT2D eigenvalue weighted by molar-refractivity contribution is 5.07. The summed E-state index contributed by atoms with van der Waals surface area (Å²) in [4.78, 5) is 4.79. The number of piperidine rings is 1. The molecule has 0 aromatic carbocycles. The first-order valence-electron chi connectivity index (χ1n) is 8.63. The van der Waals surface area contributed by atoms with Gasteiger partial charge in [0.15, 0.2) is 5.82 Å². The Morgan fingerprint density at radius 2 is 1.81 bits per heavy atom. The van der Waals surface area contributed by atoms with Gasteiger partial charge in [0.1, 0.15) is 0 Å². The Kier molecular flexibility index (Phi) is 4.34. The van der Waals surface area contributed by atoms with Crippen molar-refractivity contribution in [3.63, 3.8) is 0 Å². The van der Waals surface area contributed by atoms with Crippen LogP contribution in [0.2, 0.25) is 0 Å². The summed E-state index contributed by atoms with van der Waals surface area (Å²) in [6.07, 6.45) is 7.25. The number of nitrogens with one attached hydrogen (secondary N) is 1. The molecule has 0 unspecified atom stereocenters. The van der Waals surface area contributed by atoms with E-state index in [2.05, 4.69) is 31.2 Å². The van der Waals surface area contributed by atoms with E-state index in [4.69, 9.17) is 9.51 Å². The summed E-state index contributed by atoms with van der Waals surface area (Å²) in [7, 11) is 0. The van der Waals surface area contributed by atoms with Gasteiger partial charge in [-0.1, -0.05) is 25.9 Å². The van der Waals surface area contributed by atoms with E-state index in [0.717, 1.165) is 49.5 Å². The summed E-state index contributed by atoms with van der Waals surface area (Å²) >= 11 is 0. The first-order valence-corrected chi connectivity index (χ1v) is 8.63. The SMILES string of the molecule is CC(C)C1CCC(c2noc(C3(C)CCNCC3)n2)CC1. The van der Waals surface area contributed by atoms with Crippen LogP contribution in [0.15, 0.2) is 4.52 Å². The third-order valence-corrected chi connectivity index (χ3v) is 5.74. The molecule has 4 heteroatoms. The smallest absolute Gasteiger partial charge is 0.232 e. The molecule has 2 fully saturated rings. The molecule has 2 aliphatic rings. The van der Waals surface area contributed by atoms with Crippen molar-refractivity contribution in [3.05, 3.63) is 11.7 Å². The maximum atomic E-state index is 5.65. The molecule has 1 N–H and O–H groups in total. The predicted molar refractivity (Wildman–Crippen MR) is 83.3 cm³/mol. The molecule has 0 bridgehead atoms. The number of rotatable bonds is 3. The first kappa shape index (κ1) is 15.0. The molecular formula is C17H29N3O. The van der Waals surface area contributed by atoms with Gasteiger partial charge in [-0.2, -0.15) is 4.98 Å². The van der Waals surface area contributed by atoms with Crippen LogP contribution in [0.25, 0.3) is 0 Å². The van der Waals surface area contributed by atoms with Gasteiger partial charge in [0.05, 0.1) is 0 Å². The van der Waals surface area contributed by atoms with Crippen molar-refractivity contribution in [2.24, 2.45) is 11.8 Å². The van der Waals surface area contributed by atoms with E-state index in [-0.39, 0.29) is 5.41 Å². The average Bonchev–Trinajstić information content (AvgIpc) is 2.99. The molecule has 0 amide bonds. The van der Waals surface area contributed by atoms with Crippen molar-refractivity contribution < 1.29 is 4.52 Å². The monoisotopic (exact) mass is 291 g/mol. The molecule has 118 valence electrons. The molecule has 1 aliphatic heterocycles. The van der Waals surface area contributed by atoms with Crippen LogP contribution in [0.4, 0.5) is 0 Å². The summed E-state index contributed by atoms with van der Waals surface area (Å²) in [6, 6.07) is 0. The molecule has 4 nitrogen and oxygen atoms in total. The lowest BCUT2D eigenvalue weighted by atomic mass is 9.76. The Morgan fingerprint density at radius 1 is 1.14 bits per heavy atom. The Labute approximate surface area is 128 Å². The molecule has 0 atom stereocenters. The standard InChI is InChI=1S/C17H29N3O/c1-12(2)13-4-6-14(7-5-13)15-19-16(21-20-15)17(3)8-10-18-11-9-17/h12-14,18H,4-11H2,1-3H3. The maximum Gasteiger partial charge on any atom is 0.232 e. The van der Waals surface area contributed by atoms with E-state index >= 15 is 0 Å². The van der Waals surface area contributed by atoms with Crippen LogP contribution in [0, 0.1) is 11.8 Å². The number of hydrogen-bond acceptors (Lipinski definition) is 4. The zero-order valence-corrected chi connectivity index (χ0v) is 13.7. The Hall–Kier alpha value is -0.900. The highest BCUT2D eigenvalue weighted by Crippen LogP contribution is 2.39. The van der Waals surface area contributed by atoms with Crippen LogP contribution in [0.1, 0.15) is 76.9 Å². The lowest BCUT2D eigenvalue weighted by Crippen LogP contribution is -2.37. The minimum Gasteiger partial charge on any atom is -0.339 e. The average molecular weight is 291 g/mol. The molecule has 1 saturated carbocycles. The Bertz CT molecular complexity index is 454. The van der Waals surface area contributed by atoms with Gasteiger partial charge in [0.2, 0.25) is 5.89 Å². The van der Waals surface area contributed by atoms with Crippen molar-refractivity contribution in [3.8, 4) is 0 Å². The third-order valence-electron chi connectivity index (χ3n) is 5.74. The fourth-order valence-electron chi connectivity index (χ4n) is 3.88. The number of nitrogens with zero attached hydrogens (tertiary/aromatic N) is 2. The van der Waals surface area contributed by atoms with E-state index in [1.807, 2.05) is 0 Å². The lowest BCUT2D eigenvalue weighted by molar-refractivity contribution is 0.236. The lowest BCUT2D eigenvalue weighted by Gasteiger charge is -2.30. The van der Waals surface area contributed by atoms with Crippen molar-refractivity contribution in [2.45, 2.75) is 70.6 Å². The maximum absolute atomic E-state index is 5.65. The molecule has 2 heterocycles. The predicted octanol–water partition coefficient (Wildman–Crippen LogP) is 3.64. The minimum absolute atomic E-state index is 0.0750. The topological polar surface area (TPSA) is 51.0 Å². The molecular weight excluding hydrogens is 262 g/mol. The van der Waals surface area contributed by atoms with E-state index in [1.54, 1.807) is 0 Å². The van der Waals surface area contributed by atoms with Crippen LogP contribution in [0.3, 0.4) is 0 Å². The summed E-state index contributed by atoms with van der Waals surface area (Å²) in [6.45, 7) is 9.05. The van der Waals surface area contributed by atoms with Crippen molar-refractivity contribution in [2.75, 3.05) is 13.1 Å². The van der Waals surface area contributed by atoms with Gasteiger partial charge in [-0.15, -0.1) is 0 Å². The third kappa shape index (κ3) is 3.15. The van der Waals surface area contributed by atoms with E-state index < -0.39 is 0 Å². The normalized spacial score (nSPS) is 29.7. The zero-order chi connectivity index (χ0) is 14.9.